The molecule has 6 heteroatoms. The smallest absolute Gasteiger partial charge is 0.340 e. The van der Waals surface area contributed by atoms with E-state index in [1.54, 1.807) is 19.2 Å². The third-order valence-electron chi connectivity index (χ3n) is 5.22. The molecular formula is C23H22N2O4. The average Bonchev–Trinajstić information content (AvgIpc) is 3.14. The fraction of sp³-hybridized carbons (Fsp3) is 0.217. The highest BCUT2D eigenvalue weighted by Gasteiger charge is 2.15. The molecule has 2 heterocycles. The van der Waals surface area contributed by atoms with Crippen molar-refractivity contribution in [2.75, 3.05) is 13.7 Å². The summed E-state index contributed by atoms with van der Waals surface area (Å²) in [4.78, 5) is 28.1. The Bertz CT molecular complexity index is 1250. The molecule has 0 saturated heterocycles. The topological polar surface area (TPSA) is 84.3 Å². The lowest BCUT2D eigenvalue weighted by Gasteiger charge is -2.09. The van der Waals surface area contributed by atoms with Crippen LogP contribution in [-0.2, 0) is 17.6 Å². The van der Waals surface area contributed by atoms with E-state index >= 15 is 0 Å². The quantitative estimate of drug-likeness (QED) is 0.494. The zero-order valence-corrected chi connectivity index (χ0v) is 16.4. The number of amides is 1. The minimum absolute atomic E-state index is 0.00990. The second-order valence-electron chi connectivity index (χ2n) is 6.99. The first kappa shape index (κ1) is 18.8. The molecule has 4 rings (SSSR count). The minimum atomic E-state index is -0.491. The van der Waals surface area contributed by atoms with Crippen molar-refractivity contribution in [3.8, 4) is 5.75 Å². The summed E-state index contributed by atoms with van der Waals surface area (Å²) in [5.41, 5.74) is 3.33. The summed E-state index contributed by atoms with van der Waals surface area (Å²) in [7, 11) is 1.56. The van der Waals surface area contributed by atoms with Gasteiger partial charge in [0.25, 0.3) is 0 Å². The van der Waals surface area contributed by atoms with Gasteiger partial charge in [0.1, 0.15) is 11.3 Å². The summed E-state index contributed by atoms with van der Waals surface area (Å²) in [6, 6.07) is 13.4. The van der Waals surface area contributed by atoms with E-state index in [2.05, 4.69) is 16.4 Å². The van der Waals surface area contributed by atoms with Gasteiger partial charge in [0.05, 0.1) is 19.1 Å². The molecule has 148 valence electrons. The van der Waals surface area contributed by atoms with E-state index in [0.29, 0.717) is 29.9 Å². The molecule has 0 saturated carbocycles. The van der Waals surface area contributed by atoms with Gasteiger partial charge < -0.3 is 19.5 Å². The molecule has 4 aromatic rings. The Hall–Kier alpha value is -3.54. The van der Waals surface area contributed by atoms with E-state index in [1.807, 2.05) is 37.4 Å². The van der Waals surface area contributed by atoms with Crippen molar-refractivity contribution in [3.63, 3.8) is 0 Å². The number of nitrogens with one attached hydrogen (secondary N) is 2. The number of methoxy groups -OCH3 is 1. The Morgan fingerprint density at radius 1 is 1.17 bits per heavy atom. The number of carbonyl (C=O) groups excluding carboxylic acids is 1. The molecule has 0 fully saturated rings. The van der Waals surface area contributed by atoms with Crippen LogP contribution in [0.25, 0.3) is 21.9 Å². The Morgan fingerprint density at radius 3 is 2.83 bits per heavy atom. The van der Waals surface area contributed by atoms with Gasteiger partial charge >= 0.3 is 5.63 Å². The number of para-hydroxylation sites is 1. The zero-order chi connectivity index (χ0) is 20.4. The van der Waals surface area contributed by atoms with Gasteiger partial charge in [-0.05, 0) is 42.7 Å². The predicted molar refractivity (Wildman–Crippen MR) is 112 cm³/mol. The van der Waals surface area contributed by atoms with Crippen molar-refractivity contribution in [2.45, 2.75) is 19.8 Å². The number of hydrogen-bond acceptors (Lipinski definition) is 4. The molecule has 0 aliphatic carbocycles. The van der Waals surface area contributed by atoms with E-state index in [0.717, 1.165) is 27.4 Å². The maximum Gasteiger partial charge on any atom is 0.340 e. The van der Waals surface area contributed by atoms with Crippen LogP contribution >= 0.6 is 0 Å². The maximum absolute atomic E-state index is 12.4. The van der Waals surface area contributed by atoms with Gasteiger partial charge in [0.2, 0.25) is 5.91 Å². The number of rotatable bonds is 6. The molecular weight excluding hydrogens is 368 g/mol. The molecule has 29 heavy (non-hydrogen) atoms. The second-order valence-corrected chi connectivity index (χ2v) is 6.99. The van der Waals surface area contributed by atoms with Crippen LogP contribution in [0.4, 0.5) is 0 Å². The molecule has 2 aromatic carbocycles. The number of aromatic amines is 1. The van der Waals surface area contributed by atoms with Crippen LogP contribution in [0.1, 0.15) is 16.7 Å². The van der Waals surface area contributed by atoms with Crippen LogP contribution in [0.15, 0.2) is 57.9 Å². The average molecular weight is 390 g/mol. The first-order chi connectivity index (χ1) is 14.1. The van der Waals surface area contributed by atoms with Crippen LogP contribution in [-0.4, -0.2) is 24.5 Å². The summed E-state index contributed by atoms with van der Waals surface area (Å²) in [6.07, 6.45) is 2.66. The van der Waals surface area contributed by atoms with E-state index in [9.17, 15) is 9.59 Å². The first-order valence-corrected chi connectivity index (χ1v) is 9.49. The lowest BCUT2D eigenvalue weighted by molar-refractivity contribution is -0.120. The third-order valence-corrected chi connectivity index (χ3v) is 5.22. The van der Waals surface area contributed by atoms with Gasteiger partial charge in [-0.25, -0.2) is 4.79 Å². The van der Waals surface area contributed by atoms with Crippen molar-refractivity contribution < 1.29 is 13.9 Å². The molecule has 1 amide bonds. The normalized spacial score (nSPS) is 11.1. The highest BCUT2D eigenvalue weighted by molar-refractivity contribution is 5.85. The molecule has 0 atom stereocenters. The largest absolute Gasteiger partial charge is 0.497 e. The van der Waals surface area contributed by atoms with Crippen molar-refractivity contribution in [1.29, 1.82) is 0 Å². The highest BCUT2D eigenvalue weighted by Crippen LogP contribution is 2.24. The summed E-state index contributed by atoms with van der Waals surface area (Å²) >= 11 is 0. The van der Waals surface area contributed by atoms with E-state index in [-0.39, 0.29) is 12.3 Å². The molecule has 0 unspecified atom stereocenters. The van der Waals surface area contributed by atoms with Gasteiger partial charge in [-0.3, -0.25) is 4.79 Å². The van der Waals surface area contributed by atoms with Crippen molar-refractivity contribution in [2.24, 2.45) is 0 Å². The Labute approximate surface area is 167 Å². The molecule has 0 aliphatic heterocycles. The summed E-state index contributed by atoms with van der Waals surface area (Å²) < 4.78 is 10.6. The number of aryl methyl sites for hydroxylation is 1. The summed E-state index contributed by atoms with van der Waals surface area (Å²) in [6.45, 7) is 2.33. The number of benzene rings is 2. The predicted octanol–water partition coefficient (Wildman–Crippen LogP) is 3.49. The van der Waals surface area contributed by atoms with Crippen LogP contribution < -0.4 is 15.7 Å². The van der Waals surface area contributed by atoms with Crippen molar-refractivity contribution in [3.05, 3.63) is 75.8 Å². The SMILES string of the molecule is COc1ccc2c(C)c(CC(=O)NCCc3c[nH]c4ccccc34)c(=O)oc2c1. The third kappa shape index (κ3) is 3.74. The minimum Gasteiger partial charge on any atom is -0.497 e. The van der Waals surface area contributed by atoms with E-state index in [4.69, 9.17) is 9.15 Å². The molecule has 0 spiro atoms. The van der Waals surface area contributed by atoms with Crippen LogP contribution in [0, 0.1) is 6.92 Å². The van der Waals surface area contributed by atoms with Gasteiger partial charge in [-0.2, -0.15) is 0 Å². The van der Waals surface area contributed by atoms with Crippen molar-refractivity contribution >= 4 is 27.8 Å². The van der Waals surface area contributed by atoms with Crippen molar-refractivity contribution in [1.82, 2.24) is 10.3 Å². The number of carbonyl (C=O) groups is 1. The number of hydrogen-bond donors (Lipinski definition) is 2. The zero-order valence-electron chi connectivity index (χ0n) is 16.4. The lowest BCUT2D eigenvalue weighted by Crippen LogP contribution is -2.29. The molecule has 0 radical (unpaired) electrons. The Kier molecular flexibility index (Phi) is 5.08. The number of aromatic nitrogens is 1. The van der Waals surface area contributed by atoms with E-state index < -0.39 is 5.63 Å². The monoisotopic (exact) mass is 390 g/mol. The highest BCUT2D eigenvalue weighted by atomic mass is 16.5. The van der Waals surface area contributed by atoms with Gasteiger partial charge in [0.15, 0.2) is 0 Å². The van der Waals surface area contributed by atoms with Crippen LogP contribution in [0.3, 0.4) is 0 Å². The lowest BCUT2D eigenvalue weighted by atomic mass is 10.0. The van der Waals surface area contributed by atoms with Gasteiger partial charge in [0, 0.05) is 35.1 Å². The maximum atomic E-state index is 12.4. The summed E-state index contributed by atoms with van der Waals surface area (Å²) in [5.74, 6) is 0.413. The fourth-order valence-electron chi connectivity index (χ4n) is 3.60. The number of ether oxygens (including phenoxy) is 1. The molecule has 6 nitrogen and oxygen atoms in total. The number of fused-ring (bicyclic) bond motifs is 2. The van der Waals surface area contributed by atoms with E-state index in [1.165, 1.54) is 0 Å². The second kappa shape index (κ2) is 7.83. The Balaban J connectivity index is 1.45. The molecule has 2 aromatic heterocycles. The first-order valence-electron chi connectivity index (χ1n) is 9.49. The summed E-state index contributed by atoms with van der Waals surface area (Å²) in [5, 5.41) is 4.86. The van der Waals surface area contributed by atoms with Crippen LogP contribution in [0.5, 0.6) is 5.75 Å². The fourth-order valence-corrected chi connectivity index (χ4v) is 3.60. The Morgan fingerprint density at radius 2 is 2.00 bits per heavy atom. The van der Waals surface area contributed by atoms with Gasteiger partial charge in [-0.15, -0.1) is 0 Å². The molecule has 2 N–H and O–H groups in total. The van der Waals surface area contributed by atoms with Crippen LogP contribution in [0.2, 0.25) is 0 Å². The standard InChI is InChI=1S/C23H22N2O4/c1-14-17-8-7-16(28-2)11-21(17)29-23(27)19(14)12-22(26)24-10-9-15-13-25-20-6-4-3-5-18(15)20/h3-8,11,13,25H,9-10,12H2,1-2H3,(H,24,26). The number of H-pyrrole nitrogens is 1. The molecule has 0 aliphatic rings. The molecule has 0 bridgehead atoms. The van der Waals surface area contributed by atoms with Gasteiger partial charge in [-0.1, -0.05) is 18.2 Å².